The van der Waals surface area contributed by atoms with Gasteiger partial charge in [-0.05, 0) is 25.8 Å². The second kappa shape index (κ2) is 19.1. The minimum atomic E-state index is -1.39. The van der Waals surface area contributed by atoms with Crippen LogP contribution in [0.2, 0.25) is 0 Å². The molecule has 17 heteroatoms. The zero-order valence-corrected chi connectivity index (χ0v) is 28.2. The minimum Gasteiger partial charge on any atom is -0.461 e. The lowest BCUT2D eigenvalue weighted by atomic mass is 9.84. The number of carbonyl (C=O) groups excluding carboxylic acids is 8. The minimum absolute atomic E-state index is 0.0272. The van der Waals surface area contributed by atoms with Crippen LogP contribution in [0.25, 0.3) is 0 Å². The molecule has 0 bridgehead atoms. The van der Waals surface area contributed by atoms with Crippen LogP contribution in [0.3, 0.4) is 0 Å². The molecule has 1 aliphatic rings. The second-order valence-electron chi connectivity index (χ2n) is 11.5. The molecule has 0 aliphatic heterocycles. The highest BCUT2D eigenvalue weighted by Gasteiger charge is 2.52. The van der Waals surface area contributed by atoms with Gasteiger partial charge in [-0.3, -0.25) is 38.4 Å². The molecular formula is C32H44N4O13. The number of esters is 4. The first-order valence-electron chi connectivity index (χ1n) is 15.5. The SMILES string of the molecule is CC(=O)N[C@@H]1[C@@H](O[C@H](C)C(=O)N[C@@H](C)C(=O)N[C@H](CCC(=O)OCc2ccccc2)C(N)=O)[C@H](OC(C)=O)[C@@H](OC(C)=O)C[C@@H]1OC(C)=O. The predicted molar refractivity (Wildman–Crippen MR) is 167 cm³/mol. The van der Waals surface area contributed by atoms with E-state index in [2.05, 4.69) is 16.0 Å². The molecule has 0 saturated heterocycles. The molecule has 0 radical (unpaired) electrons. The van der Waals surface area contributed by atoms with Gasteiger partial charge in [-0.15, -0.1) is 0 Å². The summed E-state index contributed by atoms with van der Waals surface area (Å²) in [7, 11) is 0. The normalized spacial score (nSPS) is 21.8. The van der Waals surface area contributed by atoms with Crippen LogP contribution in [-0.2, 0) is 68.6 Å². The Kier molecular flexibility index (Phi) is 15.6. The van der Waals surface area contributed by atoms with Crippen LogP contribution in [0.4, 0.5) is 0 Å². The molecule has 270 valence electrons. The van der Waals surface area contributed by atoms with E-state index in [9.17, 15) is 38.4 Å². The molecule has 8 atom stereocenters. The standard InChI is InChI=1S/C32H44N4O13/c1-16(31(43)36-23(30(33)42)12-13-26(41)45-15-22-10-8-7-9-11-22)34-32(44)17(2)46-29-27(35-18(3)37)24(47-19(4)38)14-25(48-20(5)39)28(29)49-21(6)40/h7-11,16-17,23-25,27-29H,12-15H2,1-6H3,(H2,33,42)(H,34,44)(H,35,37)(H,36,43)/t16-,17+,23+,24-,25-,27-,28+,29+/m0/s1. The highest BCUT2D eigenvalue weighted by Crippen LogP contribution is 2.31. The Morgan fingerprint density at radius 2 is 1.39 bits per heavy atom. The Morgan fingerprint density at radius 3 is 1.94 bits per heavy atom. The van der Waals surface area contributed by atoms with Gasteiger partial charge in [-0.1, -0.05) is 30.3 Å². The maximum absolute atomic E-state index is 13.2. The third kappa shape index (κ3) is 13.5. The summed E-state index contributed by atoms with van der Waals surface area (Å²) in [6.07, 6.45) is -7.01. The van der Waals surface area contributed by atoms with Crippen molar-refractivity contribution in [3.05, 3.63) is 35.9 Å². The number of nitrogens with one attached hydrogen (secondary N) is 3. The van der Waals surface area contributed by atoms with E-state index >= 15 is 0 Å². The summed E-state index contributed by atoms with van der Waals surface area (Å²) in [5, 5.41) is 7.42. The lowest BCUT2D eigenvalue weighted by Gasteiger charge is -2.45. The monoisotopic (exact) mass is 692 g/mol. The fourth-order valence-electron chi connectivity index (χ4n) is 5.06. The molecular weight excluding hydrogens is 648 g/mol. The van der Waals surface area contributed by atoms with E-state index in [1.807, 2.05) is 6.07 Å². The third-order valence-corrected chi connectivity index (χ3v) is 7.24. The Morgan fingerprint density at radius 1 is 0.796 bits per heavy atom. The first kappa shape index (κ1) is 40.1. The number of ether oxygens (including phenoxy) is 5. The van der Waals surface area contributed by atoms with Gasteiger partial charge in [0.1, 0.15) is 43.1 Å². The van der Waals surface area contributed by atoms with Crippen molar-refractivity contribution in [2.75, 3.05) is 0 Å². The molecule has 1 aliphatic carbocycles. The van der Waals surface area contributed by atoms with Crippen molar-refractivity contribution in [1.82, 2.24) is 16.0 Å². The maximum atomic E-state index is 13.2. The smallest absolute Gasteiger partial charge is 0.306 e. The summed E-state index contributed by atoms with van der Waals surface area (Å²) in [6.45, 7) is 7.18. The second-order valence-corrected chi connectivity index (χ2v) is 11.5. The number of hydrogen-bond donors (Lipinski definition) is 4. The summed E-state index contributed by atoms with van der Waals surface area (Å²) >= 11 is 0. The Bertz CT molecular complexity index is 1330. The lowest BCUT2D eigenvalue weighted by molar-refractivity contribution is -0.211. The lowest BCUT2D eigenvalue weighted by Crippen LogP contribution is -2.66. The van der Waals surface area contributed by atoms with E-state index in [4.69, 9.17) is 29.4 Å². The zero-order chi connectivity index (χ0) is 36.8. The summed E-state index contributed by atoms with van der Waals surface area (Å²) in [5.74, 6) is -6.01. The first-order chi connectivity index (χ1) is 23.0. The molecule has 1 aromatic rings. The molecule has 0 heterocycles. The molecule has 0 aromatic heterocycles. The number of primary amides is 1. The zero-order valence-electron chi connectivity index (χ0n) is 28.2. The average Bonchev–Trinajstić information content (AvgIpc) is 3.00. The first-order valence-corrected chi connectivity index (χ1v) is 15.5. The predicted octanol–water partition coefficient (Wildman–Crippen LogP) is -0.538. The van der Waals surface area contributed by atoms with Gasteiger partial charge in [0.25, 0.3) is 0 Å². The summed E-state index contributed by atoms with van der Waals surface area (Å²) < 4.78 is 27.3. The van der Waals surface area contributed by atoms with E-state index in [-0.39, 0.29) is 25.9 Å². The summed E-state index contributed by atoms with van der Waals surface area (Å²) in [6, 6.07) is 5.27. The third-order valence-electron chi connectivity index (χ3n) is 7.24. The Hall–Kier alpha value is -5.06. The van der Waals surface area contributed by atoms with Crippen molar-refractivity contribution in [2.24, 2.45) is 5.73 Å². The van der Waals surface area contributed by atoms with Crippen molar-refractivity contribution in [1.29, 1.82) is 0 Å². The number of hydrogen-bond acceptors (Lipinski definition) is 13. The largest absolute Gasteiger partial charge is 0.461 e. The molecule has 49 heavy (non-hydrogen) atoms. The molecule has 1 fully saturated rings. The number of benzene rings is 1. The highest BCUT2D eigenvalue weighted by molar-refractivity contribution is 5.92. The van der Waals surface area contributed by atoms with Gasteiger partial charge < -0.3 is 45.4 Å². The van der Waals surface area contributed by atoms with Crippen LogP contribution in [0.5, 0.6) is 0 Å². The fourth-order valence-corrected chi connectivity index (χ4v) is 5.06. The van der Waals surface area contributed by atoms with Crippen LogP contribution in [-0.4, -0.2) is 96.2 Å². The van der Waals surface area contributed by atoms with Crippen LogP contribution < -0.4 is 21.7 Å². The number of amides is 4. The molecule has 1 saturated carbocycles. The molecule has 2 rings (SSSR count). The Balaban J connectivity index is 2.13. The molecule has 0 spiro atoms. The van der Waals surface area contributed by atoms with E-state index in [0.29, 0.717) is 0 Å². The van der Waals surface area contributed by atoms with Gasteiger partial charge in [0, 0.05) is 40.5 Å². The summed E-state index contributed by atoms with van der Waals surface area (Å²) in [4.78, 5) is 98.3. The van der Waals surface area contributed by atoms with Crippen molar-refractivity contribution in [3.63, 3.8) is 0 Å². The van der Waals surface area contributed by atoms with E-state index in [1.165, 1.54) is 20.8 Å². The average molecular weight is 693 g/mol. The van der Waals surface area contributed by atoms with Gasteiger partial charge in [-0.25, -0.2) is 0 Å². The molecule has 4 amide bonds. The van der Waals surface area contributed by atoms with Crippen LogP contribution in [0.1, 0.15) is 66.4 Å². The fraction of sp³-hybridized carbons (Fsp3) is 0.562. The van der Waals surface area contributed by atoms with Crippen molar-refractivity contribution in [3.8, 4) is 0 Å². The van der Waals surface area contributed by atoms with E-state index in [1.54, 1.807) is 24.3 Å². The molecule has 5 N–H and O–H groups in total. The number of nitrogens with two attached hydrogens (primary N) is 1. The molecule has 1 aromatic carbocycles. The van der Waals surface area contributed by atoms with Crippen LogP contribution in [0, 0.1) is 0 Å². The van der Waals surface area contributed by atoms with Crippen molar-refractivity contribution in [2.45, 2.75) is 116 Å². The van der Waals surface area contributed by atoms with Crippen LogP contribution in [0.15, 0.2) is 30.3 Å². The van der Waals surface area contributed by atoms with Gasteiger partial charge in [0.15, 0.2) is 6.10 Å². The number of carbonyl (C=O) groups is 8. The van der Waals surface area contributed by atoms with Crippen LogP contribution >= 0.6 is 0 Å². The van der Waals surface area contributed by atoms with Crippen molar-refractivity contribution < 1.29 is 62.0 Å². The number of rotatable bonds is 16. The molecule has 0 unspecified atom stereocenters. The van der Waals surface area contributed by atoms with Gasteiger partial charge in [-0.2, -0.15) is 0 Å². The summed E-state index contributed by atoms with van der Waals surface area (Å²) in [5.41, 5.74) is 6.19. The van der Waals surface area contributed by atoms with E-state index in [0.717, 1.165) is 26.3 Å². The van der Waals surface area contributed by atoms with Gasteiger partial charge in [0.05, 0.1) is 6.04 Å². The van der Waals surface area contributed by atoms with Gasteiger partial charge in [0.2, 0.25) is 23.6 Å². The maximum Gasteiger partial charge on any atom is 0.306 e. The van der Waals surface area contributed by atoms with Gasteiger partial charge >= 0.3 is 23.9 Å². The van der Waals surface area contributed by atoms with Crippen molar-refractivity contribution >= 4 is 47.5 Å². The highest BCUT2D eigenvalue weighted by atomic mass is 16.6. The molecule has 17 nitrogen and oxygen atoms in total. The topological polar surface area (TPSA) is 245 Å². The Labute approximate surface area is 283 Å². The van der Waals surface area contributed by atoms with E-state index < -0.39 is 96.2 Å². The quantitative estimate of drug-likeness (QED) is 0.126.